The molecule has 8 nitrogen and oxygen atoms in total. The van der Waals surface area contributed by atoms with Crippen molar-refractivity contribution in [1.29, 1.82) is 5.26 Å². The van der Waals surface area contributed by atoms with Crippen molar-refractivity contribution in [2.45, 2.75) is 0 Å². The molecule has 0 unspecified atom stereocenters. The average Bonchev–Trinajstić information content (AvgIpc) is 3.24. The third-order valence-electron chi connectivity index (χ3n) is 4.26. The maximum atomic E-state index is 12.5. The Hall–Kier alpha value is -3.64. The highest BCUT2D eigenvalue weighted by Crippen LogP contribution is 2.24. The fourth-order valence-electron chi connectivity index (χ4n) is 2.78. The molecule has 1 aromatic carbocycles. The number of imidazole rings is 1. The third kappa shape index (κ3) is 3.33. The highest BCUT2D eigenvalue weighted by molar-refractivity contribution is 7.12. The van der Waals surface area contributed by atoms with Crippen molar-refractivity contribution < 1.29 is 14.3 Å². The van der Waals surface area contributed by atoms with Gasteiger partial charge < -0.3 is 10.1 Å². The van der Waals surface area contributed by atoms with Crippen LogP contribution in [-0.2, 0) is 23.6 Å². The highest BCUT2D eigenvalue weighted by atomic mass is 32.1. The fourth-order valence-corrected chi connectivity index (χ4v) is 3.54. The number of rotatable bonds is 4. The van der Waals surface area contributed by atoms with E-state index in [0.717, 1.165) is 16.9 Å². The summed E-state index contributed by atoms with van der Waals surface area (Å²) in [5.74, 6) is -1.21. The predicted octanol–water partition coefficient (Wildman–Crippen LogP) is 2.27. The van der Waals surface area contributed by atoms with Crippen molar-refractivity contribution in [3.63, 3.8) is 0 Å². The van der Waals surface area contributed by atoms with Gasteiger partial charge in [-0.3, -0.25) is 13.9 Å². The van der Waals surface area contributed by atoms with Gasteiger partial charge in [-0.25, -0.2) is 9.59 Å². The van der Waals surface area contributed by atoms with E-state index in [1.54, 1.807) is 43.7 Å². The van der Waals surface area contributed by atoms with Gasteiger partial charge in [-0.1, -0.05) is 6.07 Å². The summed E-state index contributed by atoms with van der Waals surface area (Å²) < 4.78 is 7.69. The van der Waals surface area contributed by atoms with Crippen LogP contribution in [-0.4, -0.2) is 28.1 Å². The number of nitriles is 1. The van der Waals surface area contributed by atoms with Crippen LogP contribution >= 0.6 is 11.3 Å². The lowest BCUT2D eigenvalue weighted by molar-refractivity contribution is -0.112. The van der Waals surface area contributed by atoms with E-state index < -0.39 is 11.9 Å². The van der Waals surface area contributed by atoms with Gasteiger partial charge in [0.2, 0.25) is 0 Å². The zero-order chi connectivity index (χ0) is 20.4. The number of hydrogen-bond donors (Lipinski definition) is 1. The highest BCUT2D eigenvalue weighted by Gasteiger charge is 2.18. The molecule has 3 aromatic rings. The minimum Gasteiger partial charge on any atom is -0.465 e. The molecule has 0 fully saturated rings. The lowest BCUT2D eigenvalue weighted by atomic mass is 10.1. The first kappa shape index (κ1) is 19.1. The summed E-state index contributed by atoms with van der Waals surface area (Å²) in [6, 6.07) is 8.63. The zero-order valence-electron chi connectivity index (χ0n) is 15.3. The molecule has 0 bridgehead atoms. The first-order chi connectivity index (χ1) is 13.4. The smallest absolute Gasteiger partial charge is 0.350 e. The Kier molecular flexibility index (Phi) is 5.15. The summed E-state index contributed by atoms with van der Waals surface area (Å²) in [5, 5.41) is 13.6. The van der Waals surface area contributed by atoms with Crippen LogP contribution in [0, 0.1) is 11.3 Å². The predicted molar refractivity (Wildman–Crippen MR) is 106 cm³/mol. The Morgan fingerprint density at radius 2 is 1.93 bits per heavy atom. The van der Waals surface area contributed by atoms with Gasteiger partial charge in [0.1, 0.15) is 16.5 Å². The van der Waals surface area contributed by atoms with E-state index in [2.05, 4.69) is 10.1 Å². The monoisotopic (exact) mass is 396 g/mol. The van der Waals surface area contributed by atoms with E-state index in [9.17, 15) is 19.6 Å². The van der Waals surface area contributed by atoms with Crippen molar-refractivity contribution in [3.8, 4) is 6.07 Å². The molecule has 28 heavy (non-hydrogen) atoms. The topological polar surface area (TPSA) is 106 Å². The second-order valence-corrected chi connectivity index (χ2v) is 6.84. The SMILES string of the molecule is COC(=O)c1sccc1NC(=O)/C(C#N)=C/c1ccc2c(c1)n(C)c(=O)n2C. The second kappa shape index (κ2) is 7.54. The van der Waals surface area contributed by atoms with E-state index in [4.69, 9.17) is 0 Å². The van der Waals surface area contributed by atoms with E-state index in [1.165, 1.54) is 22.3 Å². The first-order valence-corrected chi connectivity index (χ1v) is 8.99. The number of methoxy groups -OCH3 is 1. The zero-order valence-corrected chi connectivity index (χ0v) is 16.2. The number of benzene rings is 1. The number of nitrogens with one attached hydrogen (secondary N) is 1. The molecule has 142 valence electrons. The summed E-state index contributed by atoms with van der Waals surface area (Å²) in [7, 11) is 4.58. The number of carbonyl (C=O) groups is 2. The molecule has 2 heterocycles. The lowest BCUT2D eigenvalue weighted by Crippen LogP contribution is -2.19. The molecule has 0 spiro atoms. The molecule has 0 atom stereocenters. The van der Waals surface area contributed by atoms with Crippen molar-refractivity contribution >= 4 is 46.0 Å². The summed E-state index contributed by atoms with van der Waals surface area (Å²) in [4.78, 5) is 36.5. The third-order valence-corrected chi connectivity index (χ3v) is 5.15. The van der Waals surface area contributed by atoms with Crippen LogP contribution in [0.5, 0.6) is 0 Å². The summed E-state index contributed by atoms with van der Waals surface area (Å²) >= 11 is 1.13. The number of esters is 1. The second-order valence-electron chi connectivity index (χ2n) is 5.93. The van der Waals surface area contributed by atoms with E-state index >= 15 is 0 Å². The largest absolute Gasteiger partial charge is 0.465 e. The van der Waals surface area contributed by atoms with Gasteiger partial charge in [-0.2, -0.15) is 5.26 Å². The van der Waals surface area contributed by atoms with Gasteiger partial charge >= 0.3 is 11.7 Å². The van der Waals surface area contributed by atoms with Crippen molar-refractivity contribution in [1.82, 2.24) is 9.13 Å². The number of ether oxygens (including phenoxy) is 1. The van der Waals surface area contributed by atoms with Gasteiger partial charge in [-0.05, 0) is 35.2 Å². The number of anilines is 1. The van der Waals surface area contributed by atoms with Crippen molar-refractivity contribution in [2.75, 3.05) is 12.4 Å². The standard InChI is InChI=1S/C19H16N4O4S/c1-22-14-5-4-11(9-15(14)23(2)19(22)26)8-12(10-20)17(24)21-13-6-7-28-16(13)18(25)27-3/h4-9H,1-3H3,(H,21,24)/b12-8+. The Balaban J connectivity index is 1.93. The van der Waals surface area contributed by atoms with Crippen LogP contribution in [0.25, 0.3) is 17.1 Å². The molecule has 1 N–H and O–H groups in total. The minimum atomic E-state index is -0.645. The minimum absolute atomic E-state index is 0.137. The molecular formula is C19H16N4O4S. The van der Waals surface area contributed by atoms with Crippen LogP contribution in [0.4, 0.5) is 5.69 Å². The average molecular weight is 396 g/mol. The van der Waals surface area contributed by atoms with Gasteiger partial charge in [0, 0.05) is 14.1 Å². The molecule has 3 rings (SSSR count). The molecular weight excluding hydrogens is 380 g/mol. The van der Waals surface area contributed by atoms with E-state index in [1.807, 2.05) is 6.07 Å². The Bertz CT molecular complexity index is 1220. The summed E-state index contributed by atoms with van der Waals surface area (Å²) in [6.07, 6.45) is 1.43. The van der Waals surface area contributed by atoms with Crippen LogP contribution in [0.3, 0.4) is 0 Å². The number of thiophene rings is 1. The Morgan fingerprint density at radius 3 is 2.61 bits per heavy atom. The lowest BCUT2D eigenvalue weighted by Gasteiger charge is -2.05. The first-order valence-electron chi connectivity index (χ1n) is 8.11. The van der Waals surface area contributed by atoms with Gasteiger partial charge in [-0.15, -0.1) is 11.3 Å². The summed E-state index contributed by atoms with van der Waals surface area (Å²) in [5.41, 5.74) is 2.01. The molecule has 0 aliphatic carbocycles. The normalized spacial score (nSPS) is 11.3. The van der Waals surface area contributed by atoms with Gasteiger partial charge in [0.15, 0.2) is 0 Å². The van der Waals surface area contributed by atoms with Crippen LogP contribution in [0.1, 0.15) is 15.2 Å². The maximum Gasteiger partial charge on any atom is 0.350 e. The number of aryl methyl sites for hydroxylation is 2. The number of amides is 1. The molecule has 9 heteroatoms. The fraction of sp³-hybridized carbons (Fsp3) is 0.158. The Morgan fingerprint density at radius 1 is 1.21 bits per heavy atom. The molecule has 2 aromatic heterocycles. The van der Waals surface area contributed by atoms with Crippen LogP contribution in [0.2, 0.25) is 0 Å². The molecule has 0 radical (unpaired) electrons. The van der Waals surface area contributed by atoms with Crippen molar-refractivity contribution in [2.24, 2.45) is 14.1 Å². The number of carbonyl (C=O) groups excluding carboxylic acids is 2. The molecule has 0 saturated carbocycles. The molecule has 0 aliphatic heterocycles. The van der Waals surface area contributed by atoms with E-state index in [-0.39, 0.29) is 21.8 Å². The van der Waals surface area contributed by atoms with Gasteiger partial charge in [0.25, 0.3) is 5.91 Å². The quantitative estimate of drug-likeness (QED) is 0.414. The molecule has 0 aliphatic rings. The van der Waals surface area contributed by atoms with Crippen LogP contribution < -0.4 is 11.0 Å². The van der Waals surface area contributed by atoms with E-state index in [0.29, 0.717) is 11.1 Å². The van der Waals surface area contributed by atoms with Gasteiger partial charge in [0.05, 0.1) is 23.8 Å². The Labute approximate surface area is 163 Å². The maximum absolute atomic E-state index is 12.5. The molecule has 1 amide bonds. The number of hydrogen-bond acceptors (Lipinski definition) is 6. The number of fused-ring (bicyclic) bond motifs is 1. The summed E-state index contributed by atoms with van der Waals surface area (Å²) in [6.45, 7) is 0. The van der Waals surface area contributed by atoms with Crippen molar-refractivity contribution in [3.05, 3.63) is 56.1 Å². The number of aromatic nitrogens is 2. The number of nitrogens with zero attached hydrogens (tertiary/aromatic N) is 3. The molecule has 0 saturated heterocycles. The van der Waals surface area contributed by atoms with Crippen LogP contribution in [0.15, 0.2) is 40.0 Å².